The van der Waals surface area contributed by atoms with Crippen LogP contribution in [0.1, 0.15) is 25.8 Å². The molecule has 0 bridgehead atoms. The van der Waals surface area contributed by atoms with Gasteiger partial charge in [0.05, 0.1) is 12.3 Å². The number of thiazole rings is 1. The first-order valence-corrected chi connectivity index (χ1v) is 7.93. The molecule has 0 radical (unpaired) electrons. The first kappa shape index (κ1) is 14.4. The molecule has 2 aromatic heterocycles. The zero-order valence-electron chi connectivity index (χ0n) is 11.3. The Morgan fingerprint density at radius 3 is 2.95 bits per heavy atom. The van der Waals surface area contributed by atoms with Gasteiger partial charge < -0.3 is 5.32 Å². The van der Waals surface area contributed by atoms with Crippen molar-refractivity contribution in [2.45, 2.75) is 43.8 Å². The molecule has 2 aromatic rings. The first-order valence-electron chi connectivity index (χ1n) is 6.07. The maximum atomic E-state index is 4.25. The van der Waals surface area contributed by atoms with E-state index in [2.05, 4.69) is 46.6 Å². The fourth-order valence-corrected chi connectivity index (χ4v) is 2.98. The van der Waals surface area contributed by atoms with E-state index in [9.17, 15) is 0 Å². The predicted molar refractivity (Wildman–Crippen MR) is 77.2 cm³/mol. The van der Waals surface area contributed by atoms with E-state index in [-0.39, 0.29) is 5.54 Å². The smallest absolute Gasteiger partial charge is 0.209 e. The molecule has 0 atom stereocenters. The molecule has 0 aliphatic heterocycles. The van der Waals surface area contributed by atoms with Crippen LogP contribution in [-0.4, -0.2) is 37.3 Å². The van der Waals surface area contributed by atoms with Crippen molar-refractivity contribution in [2.24, 2.45) is 0 Å². The number of nitrogens with zero attached hydrogens (tertiary/aromatic N) is 5. The molecule has 2 rings (SSSR count). The second-order valence-corrected chi connectivity index (χ2v) is 7.00. The molecule has 0 saturated carbocycles. The minimum Gasteiger partial charge on any atom is -0.310 e. The number of tetrazole rings is 1. The van der Waals surface area contributed by atoms with E-state index in [1.54, 1.807) is 23.1 Å². The fourth-order valence-electron chi connectivity index (χ4n) is 1.43. The standard InChI is InChI=1S/C11H18N6S2/c1-11(2,3)13-4-6-17-10(14-15-16-17)19-8-9-12-5-7-18-9/h5,7,13H,4,6,8H2,1-3H3. The van der Waals surface area contributed by atoms with Crippen LogP contribution in [0.4, 0.5) is 0 Å². The summed E-state index contributed by atoms with van der Waals surface area (Å²) in [6, 6.07) is 0. The lowest BCUT2D eigenvalue weighted by molar-refractivity contribution is 0.396. The van der Waals surface area contributed by atoms with Gasteiger partial charge in [-0.2, -0.15) is 0 Å². The van der Waals surface area contributed by atoms with Crippen molar-refractivity contribution in [3.8, 4) is 0 Å². The Morgan fingerprint density at radius 2 is 2.26 bits per heavy atom. The molecule has 104 valence electrons. The molecule has 0 aliphatic carbocycles. The van der Waals surface area contributed by atoms with Crippen molar-refractivity contribution >= 4 is 23.1 Å². The molecule has 6 nitrogen and oxygen atoms in total. The summed E-state index contributed by atoms with van der Waals surface area (Å²) in [5.74, 6) is 0.810. The topological polar surface area (TPSA) is 68.5 Å². The van der Waals surface area contributed by atoms with E-state index in [1.165, 1.54) is 0 Å². The van der Waals surface area contributed by atoms with Gasteiger partial charge in [-0.3, -0.25) is 0 Å². The average Bonchev–Trinajstić information content (AvgIpc) is 2.95. The Kier molecular flexibility index (Phi) is 4.89. The van der Waals surface area contributed by atoms with Crippen LogP contribution < -0.4 is 5.32 Å². The van der Waals surface area contributed by atoms with Crippen LogP contribution >= 0.6 is 23.1 Å². The van der Waals surface area contributed by atoms with Gasteiger partial charge >= 0.3 is 0 Å². The molecule has 0 aromatic carbocycles. The van der Waals surface area contributed by atoms with Crippen molar-refractivity contribution in [1.82, 2.24) is 30.5 Å². The third-order valence-corrected chi connectivity index (χ3v) is 4.22. The number of hydrogen-bond acceptors (Lipinski definition) is 7. The van der Waals surface area contributed by atoms with Gasteiger partial charge in [0.2, 0.25) is 5.16 Å². The zero-order valence-corrected chi connectivity index (χ0v) is 13.0. The van der Waals surface area contributed by atoms with E-state index >= 15 is 0 Å². The highest BCUT2D eigenvalue weighted by molar-refractivity contribution is 7.98. The van der Waals surface area contributed by atoms with Crippen LogP contribution in [0.25, 0.3) is 0 Å². The van der Waals surface area contributed by atoms with Gasteiger partial charge in [0, 0.05) is 23.7 Å². The summed E-state index contributed by atoms with van der Waals surface area (Å²) in [6.07, 6.45) is 1.82. The van der Waals surface area contributed by atoms with Gasteiger partial charge in [-0.25, -0.2) is 9.67 Å². The summed E-state index contributed by atoms with van der Waals surface area (Å²) in [4.78, 5) is 4.25. The minimum absolute atomic E-state index is 0.113. The van der Waals surface area contributed by atoms with E-state index in [0.29, 0.717) is 0 Å². The summed E-state index contributed by atoms with van der Waals surface area (Å²) in [5.41, 5.74) is 0.113. The van der Waals surface area contributed by atoms with Crippen LogP contribution in [0, 0.1) is 0 Å². The molecule has 0 spiro atoms. The SMILES string of the molecule is CC(C)(C)NCCn1nnnc1SCc1nccs1. The average molecular weight is 298 g/mol. The monoisotopic (exact) mass is 298 g/mol. The van der Waals surface area contributed by atoms with E-state index in [4.69, 9.17) is 0 Å². The lowest BCUT2D eigenvalue weighted by atomic mass is 10.1. The molecular weight excluding hydrogens is 280 g/mol. The summed E-state index contributed by atoms with van der Waals surface area (Å²) < 4.78 is 1.83. The van der Waals surface area contributed by atoms with Crippen molar-refractivity contribution in [1.29, 1.82) is 0 Å². The van der Waals surface area contributed by atoms with E-state index in [0.717, 1.165) is 29.0 Å². The Hall–Kier alpha value is -0.990. The lowest BCUT2D eigenvalue weighted by Gasteiger charge is -2.20. The Morgan fingerprint density at radius 1 is 1.42 bits per heavy atom. The molecular formula is C11H18N6S2. The molecule has 0 aliphatic rings. The number of thioether (sulfide) groups is 1. The molecule has 0 fully saturated rings. The van der Waals surface area contributed by atoms with Crippen LogP contribution in [0.5, 0.6) is 0 Å². The highest BCUT2D eigenvalue weighted by Gasteiger charge is 2.11. The van der Waals surface area contributed by atoms with Crippen LogP contribution in [-0.2, 0) is 12.3 Å². The quantitative estimate of drug-likeness (QED) is 0.820. The van der Waals surface area contributed by atoms with Crippen molar-refractivity contribution in [2.75, 3.05) is 6.54 Å². The highest BCUT2D eigenvalue weighted by Crippen LogP contribution is 2.20. The minimum atomic E-state index is 0.113. The zero-order chi connectivity index (χ0) is 13.7. The molecule has 0 unspecified atom stereocenters. The third-order valence-electron chi connectivity index (χ3n) is 2.29. The number of hydrogen-bond donors (Lipinski definition) is 1. The summed E-state index contributed by atoms with van der Waals surface area (Å²) in [5, 5.41) is 19.1. The van der Waals surface area contributed by atoms with Crippen molar-refractivity contribution in [3.05, 3.63) is 16.6 Å². The molecule has 1 N–H and O–H groups in total. The normalized spacial score (nSPS) is 11.9. The summed E-state index contributed by atoms with van der Waals surface area (Å²) >= 11 is 3.27. The van der Waals surface area contributed by atoms with E-state index in [1.807, 2.05) is 16.3 Å². The van der Waals surface area contributed by atoms with E-state index < -0.39 is 0 Å². The summed E-state index contributed by atoms with van der Waals surface area (Å²) in [6.45, 7) is 8.05. The molecule has 19 heavy (non-hydrogen) atoms. The van der Waals surface area contributed by atoms with Gasteiger partial charge in [0.1, 0.15) is 5.01 Å². The maximum Gasteiger partial charge on any atom is 0.209 e. The van der Waals surface area contributed by atoms with Gasteiger partial charge in [-0.05, 0) is 31.2 Å². The highest BCUT2D eigenvalue weighted by atomic mass is 32.2. The predicted octanol–water partition coefficient (Wildman–Crippen LogP) is 1.81. The maximum absolute atomic E-state index is 4.25. The summed E-state index contributed by atoms with van der Waals surface area (Å²) in [7, 11) is 0. The Labute approximate surface area is 121 Å². The second-order valence-electron chi connectivity index (χ2n) is 5.08. The molecule has 2 heterocycles. The molecule has 0 saturated heterocycles. The number of nitrogens with one attached hydrogen (secondary N) is 1. The van der Waals surface area contributed by atoms with Gasteiger partial charge in [0.15, 0.2) is 0 Å². The fraction of sp³-hybridized carbons (Fsp3) is 0.636. The van der Waals surface area contributed by atoms with Gasteiger partial charge in [-0.15, -0.1) is 16.4 Å². The Bertz CT molecular complexity index is 488. The number of aromatic nitrogens is 5. The molecule has 0 amide bonds. The van der Waals surface area contributed by atoms with Crippen LogP contribution in [0.3, 0.4) is 0 Å². The Balaban J connectivity index is 1.83. The van der Waals surface area contributed by atoms with Gasteiger partial charge in [-0.1, -0.05) is 11.8 Å². The number of rotatable bonds is 6. The molecule has 8 heteroatoms. The lowest BCUT2D eigenvalue weighted by Crippen LogP contribution is -2.38. The third kappa shape index (κ3) is 4.88. The largest absolute Gasteiger partial charge is 0.310 e. The van der Waals surface area contributed by atoms with Crippen LogP contribution in [0.2, 0.25) is 0 Å². The van der Waals surface area contributed by atoms with Gasteiger partial charge in [0.25, 0.3) is 0 Å². The van der Waals surface area contributed by atoms with Crippen molar-refractivity contribution in [3.63, 3.8) is 0 Å². The van der Waals surface area contributed by atoms with Crippen LogP contribution in [0.15, 0.2) is 16.7 Å². The first-order chi connectivity index (χ1) is 9.04. The second kappa shape index (κ2) is 6.44. The van der Waals surface area contributed by atoms with Crippen molar-refractivity contribution < 1.29 is 0 Å².